The fourth-order valence-electron chi connectivity index (χ4n) is 4.70. The van der Waals surface area contributed by atoms with Crippen LogP contribution >= 0.6 is 0 Å². The number of benzene rings is 3. The minimum absolute atomic E-state index is 0.108. The van der Waals surface area contributed by atoms with Gasteiger partial charge >= 0.3 is 0 Å². The third kappa shape index (κ3) is 4.32. The number of carbonyl (C=O) groups excluding carboxylic acids is 1. The second-order valence-electron chi connectivity index (χ2n) is 8.96. The van der Waals surface area contributed by atoms with Crippen molar-refractivity contribution in [3.05, 3.63) is 71.8 Å². The zero-order chi connectivity index (χ0) is 21.8. The average Bonchev–Trinajstić information content (AvgIpc) is 2.81. The van der Waals surface area contributed by atoms with E-state index in [1.54, 1.807) is 0 Å². The monoisotopic (exact) mass is 415 g/mol. The van der Waals surface area contributed by atoms with E-state index in [4.69, 9.17) is 4.74 Å². The van der Waals surface area contributed by atoms with Gasteiger partial charge in [-0.1, -0.05) is 80.3 Å². The number of anilines is 1. The molecule has 0 aromatic heterocycles. The topological polar surface area (TPSA) is 38.3 Å². The predicted molar refractivity (Wildman–Crippen MR) is 129 cm³/mol. The van der Waals surface area contributed by atoms with Crippen LogP contribution < -0.4 is 10.1 Å². The van der Waals surface area contributed by atoms with Gasteiger partial charge in [-0.25, -0.2) is 0 Å². The number of nitrogens with one attached hydrogen (secondary N) is 1. The van der Waals surface area contributed by atoms with E-state index in [2.05, 4.69) is 62.5 Å². The lowest BCUT2D eigenvalue weighted by Gasteiger charge is -2.36. The van der Waals surface area contributed by atoms with Crippen LogP contribution in [0.4, 0.5) is 5.69 Å². The maximum absolute atomic E-state index is 13.8. The fraction of sp³-hybridized carbons (Fsp3) is 0.393. The first-order valence-corrected chi connectivity index (χ1v) is 11.6. The molecule has 0 saturated heterocycles. The molecule has 0 heterocycles. The van der Waals surface area contributed by atoms with Gasteiger partial charge in [0, 0.05) is 16.5 Å². The second-order valence-corrected chi connectivity index (χ2v) is 8.96. The molecule has 1 fully saturated rings. The van der Waals surface area contributed by atoms with Crippen molar-refractivity contribution in [2.45, 2.75) is 70.8 Å². The van der Waals surface area contributed by atoms with Crippen LogP contribution in [0.2, 0.25) is 0 Å². The quantitative estimate of drug-likeness (QED) is 0.463. The smallest absolute Gasteiger partial charge is 0.235 e. The van der Waals surface area contributed by atoms with Crippen LogP contribution in [0.15, 0.2) is 60.7 Å². The SMILES string of the molecule is CC[C@H](C)Oc1ccc(NC(=O)C2(c3ccc(C)cc3)CCCCC2)c2ccccc12. The number of rotatable bonds is 6. The summed E-state index contributed by atoms with van der Waals surface area (Å²) in [6.07, 6.45) is 6.27. The van der Waals surface area contributed by atoms with Crippen LogP contribution in [0, 0.1) is 6.92 Å². The molecule has 3 nitrogen and oxygen atoms in total. The van der Waals surface area contributed by atoms with E-state index < -0.39 is 5.41 Å². The van der Waals surface area contributed by atoms with Crippen LogP contribution in [0.3, 0.4) is 0 Å². The second kappa shape index (κ2) is 9.13. The number of amides is 1. The highest BCUT2D eigenvalue weighted by Crippen LogP contribution is 2.41. The minimum Gasteiger partial charge on any atom is -0.490 e. The highest BCUT2D eigenvalue weighted by Gasteiger charge is 2.41. The summed E-state index contributed by atoms with van der Waals surface area (Å²) in [4.78, 5) is 13.8. The van der Waals surface area contributed by atoms with Gasteiger partial charge in [-0.3, -0.25) is 4.79 Å². The highest BCUT2D eigenvalue weighted by atomic mass is 16.5. The maximum Gasteiger partial charge on any atom is 0.235 e. The lowest BCUT2D eigenvalue weighted by atomic mass is 9.68. The molecule has 1 saturated carbocycles. The summed E-state index contributed by atoms with van der Waals surface area (Å²) in [5.41, 5.74) is 2.75. The molecule has 1 atom stereocenters. The molecule has 0 aliphatic heterocycles. The third-order valence-electron chi connectivity index (χ3n) is 6.78. The van der Waals surface area contributed by atoms with Crippen LogP contribution in [0.5, 0.6) is 5.75 Å². The first-order valence-electron chi connectivity index (χ1n) is 11.6. The molecule has 0 spiro atoms. The third-order valence-corrected chi connectivity index (χ3v) is 6.78. The summed E-state index contributed by atoms with van der Waals surface area (Å²) in [6.45, 7) is 6.29. The number of ether oxygens (including phenoxy) is 1. The first-order chi connectivity index (χ1) is 15.0. The van der Waals surface area contributed by atoms with Crippen LogP contribution in [0.1, 0.15) is 63.5 Å². The zero-order valence-electron chi connectivity index (χ0n) is 18.9. The van der Waals surface area contributed by atoms with Crippen LogP contribution in [-0.4, -0.2) is 12.0 Å². The molecule has 3 aromatic rings. The van der Waals surface area contributed by atoms with Gasteiger partial charge in [-0.2, -0.15) is 0 Å². The van der Waals surface area contributed by atoms with Crippen molar-refractivity contribution in [1.82, 2.24) is 0 Å². The van der Waals surface area contributed by atoms with E-state index in [0.717, 1.165) is 59.9 Å². The van der Waals surface area contributed by atoms with E-state index in [0.29, 0.717) is 0 Å². The molecule has 1 N–H and O–H groups in total. The molecule has 1 amide bonds. The Hall–Kier alpha value is -2.81. The Balaban J connectivity index is 1.69. The van der Waals surface area contributed by atoms with Crippen LogP contribution in [0.25, 0.3) is 10.8 Å². The van der Waals surface area contributed by atoms with Crippen molar-refractivity contribution in [1.29, 1.82) is 0 Å². The lowest BCUT2D eigenvalue weighted by molar-refractivity contribution is -0.122. The van der Waals surface area contributed by atoms with E-state index >= 15 is 0 Å². The molecule has 3 heteroatoms. The number of hydrogen-bond acceptors (Lipinski definition) is 2. The lowest BCUT2D eigenvalue weighted by Crippen LogP contribution is -2.42. The molecule has 1 aliphatic rings. The Bertz CT molecular complexity index is 1050. The van der Waals surface area contributed by atoms with E-state index in [1.165, 1.54) is 12.0 Å². The molecule has 31 heavy (non-hydrogen) atoms. The van der Waals surface area contributed by atoms with E-state index in [1.807, 2.05) is 24.3 Å². The average molecular weight is 416 g/mol. The van der Waals surface area contributed by atoms with Crippen molar-refractivity contribution in [3.63, 3.8) is 0 Å². The van der Waals surface area contributed by atoms with Gasteiger partial charge in [-0.05, 0) is 50.8 Å². The largest absolute Gasteiger partial charge is 0.490 e. The molecular weight excluding hydrogens is 382 g/mol. The maximum atomic E-state index is 13.8. The van der Waals surface area contributed by atoms with Gasteiger partial charge in [0.2, 0.25) is 5.91 Å². The molecule has 0 radical (unpaired) electrons. The number of hydrogen-bond donors (Lipinski definition) is 1. The standard InChI is InChI=1S/C28H33NO2/c1-4-21(3)31-26-17-16-25(23-10-6-7-11-24(23)26)29-27(30)28(18-8-5-9-19-28)22-14-12-20(2)13-15-22/h6-7,10-17,21H,4-5,8-9,18-19H2,1-3H3,(H,29,30)/t21-/m0/s1. The van der Waals surface area contributed by atoms with Gasteiger partial charge in [0.15, 0.2) is 0 Å². The summed E-state index contributed by atoms with van der Waals surface area (Å²) in [5, 5.41) is 5.36. The van der Waals surface area contributed by atoms with Crippen molar-refractivity contribution in [2.75, 3.05) is 5.32 Å². The van der Waals surface area contributed by atoms with E-state index in [-0.39, 0.29) is 12.0 Å². The molecule has 4 rings (SSSR count). The molecule has 3 aromatic carbocycles. The number of carbonyl (C=O) groups is 1. The van der Waals surface area contributed by atoms with Gasteiger partial charge in [0.1, 0.15) is 5.75 Å². The molecular formula is C28H33NO2. The summed E-state index contributed by atoms with van der Waals surface area (Å²) < 4.78 is 6.14. The number of fused-ring (bicyclic) bond motifs is 1. The van der Waals surface area contributed by atoms with Gasteiger partial charge in [0.05, 0.1) is 11.5 Å². The Kier molecular flexibility index (Phi) is 6.31. The molecule has 1 aliphatic carbocycles. The molecule has 0 unspecified atom stereocenters. The Morgan fingerprint density at radius 1 is 0.968 bits per heavy atom. The zero-order valence-corrected chi connectivity index (χ0v) is 18.9. The van der Waals surface area contributed by atoms with Gasteiger partial charge < -0.3 is 10.1 Å². The van der Waals surface area contributed by atoms with Gasteiger partial charge in [0.25, 0.3) is 0 Å². The highest BCUT2D eigenvalue weighted by molar-refractivity contribution is 6.07. The molecule has 162 valence electrons. The summed E-state index contributed by atoms with van der Waals surface area (Å²) in [5.74, 6) is 0.977. The fourth-order valence-corrected chi connectivity index (χ4v) is 4.70. The van der Waals surface area contributed by atoms with Gasteiger partial charge in [-0.15, -0.1) is 0 Å². The normalized spacial score (nSPS) is 16.6. The Labute approximate surface area is 185 Å². The number of aryl methyl sites for hydroxylation is 1. The minimum atomic E-state index is -0.459. The van der Waals surface area contributed by atoms with Crippen molar-refractivity contribution < 1.29 is 9.53 Å². The van der Waals surface area contributed by atoms with Crippen molar-refractivity contribution >= 4 is 22.4 Å². The first kappa shape index (κ1) is 21.4. The Morgan fingerprint density at radius 3 is 2.32 bits per heavy atom. The predicted octanol–water partition coefficient (Wildman–Crippen LogP) is 7.17. The summed E-state index contributed by atoms with van der Waals surface area (Å²) in [6, 6.07) is 20.7. The summed E-state index contributed by atoms with van der Waals surface area (Å²) in [7, 11) is 0. The van der Waals surface area contributed by atoms with Crippen molar-refractivity contribution in [3.8, 4) is 5.75 Å². The van der Waals surface area contributed by atoms with Crippen molar-refractivity contribution in [2.24, 2.45) is 0 Å². The van der Waals surface area contributed by atoms with Crippen LogP contribution in [-0.2, 0) is 10.2 Å². The molecule has 0 bridgehead atoms. The van der Waals surface area contributed by atoms with E-state index in [9.17, 15) is 4.79 Å². The summed E-state index contributed by atoms with van der Waals surface area (Å²) >= 11 is 0. The Morgan fingerprint density at radius 2 is 1.65 bits per heavy atom.